The molecule has 0 aliphatic heterocycles. The number of ether oxygens (including phenoxy) is 1. The van der Waals surface area contributed by atoms with Crippen LogP contribution in [0.2, 0.25) is 0 Å². The first kappa shape index (κ1) is 23.5. The first-order valence-corrected chi connectivity index (χ1v) is 5.17. The molecule has 0 saturated carbocycles. The minimum atomic E-state index is -0.833. The van der Waals surface area contributed by atoms with E-state index in [-0.39, 0.29) is 27.7 Å². The Labute approximate surface area is 132 Å². The zero-order valence-corrected chi connectivity index (χ0v) is 13.6. The average Bonchev–Trinajstić information content (AvgIpc) is 2.55. The number of carboxylic acid groups (broad SMARTS) is 2. The molecule has 0 unspecified atom stereocenters. The Morgan fingerprint density at radius 3 is 1.65 bits per heavy atom. The van der Waals surface area contributed by atoms with Gasteiger partial charge in [0.15, 0.2) is 0 Å². The minimum absolute atomic E-state index is 0. The van der Waals surface area contributed by atoms with Crippen molar-refractivity contribution >= 4 is 17.9 Å². The molecular weight excluding hydrogens is 302 g/mol. The predicted octanol–water partition coefficient (Wildman–Crippen LogP) is 1.40. The van der Waals surface area contributed by atoms with E-state index in [1.807, 2.05) is 13.8 Å². The Morgan fingerprint density at radius 2 is 1.45 bits per heavy atom. The first-order chi connectivity index (χ1) is 8.61. The van der Waals surface area contributed by atoms with Gasteiger partial charge in [0.05, 0.1) is 7.11 Å². The molecule has 1 heterocycles. The Balaban J connectivity index is -0.000000272. The molecule has 3 N–H and O–H groups in total. The molecule has 0 spiro atoms. The smallest absolute Gasteiger partial charge is 0.300 e. The van der Waals surface area contributed by atoms with Gasteiger partial charge in [-0.1, -0.05) is 12.6 Å². The molecule has 1 rings (SSSR count). The summed E-state index contributed by atoms with van der Waals surface area (Å²) in [4.78, 5) is 31.8. The van der Waals surface area contributed by atoms with Gasteiger partial charge < -0.3 is 19.9 Å². The van der Waals surface area contributed by atoms with Crippen molar-refractivity contribution in [1.82, 2.24) is 4.98 Å². The molecule has 0 atom stereocenters. The summed E-state index contributed by atoms with van der Waals surface area (Å²) in [7, 11) is 1.36. The van der Waals surface area contributed by atoms with Crippen LogP contribution < -0.4 is 0 Å². The van der Waals surface area contributed by atoms with Crippen LogP contribution in [0.1, 0.15) is 35.6 Å². The third-order valence-corrected chi connectivity index (χ3v) is 1.45. The molecule has 20 heavy (non-hydrogen) atoms. The molecule has 0 radical (unpaired) electrons. The van der Waals surface area contributed by atoms with Gasteiger partial charge in [0.25, 0.3) is 17.9 Å². The topological polar surface area (TPSA) is 117 Å². The number of hydrogen-bond acceptors (Lipinski definition) is 4. The van der Waals surface area contributed by atoms with Gasteiger partial charge in [-0.25, -0.2) is 6.07 Å². The number of rotatable bonds is 1. The summed E-state index contributed by atoms with van der Waals surface area (Å²) in [5, 5.41) is 14.8. The van der Waals surface area contributed by atoms with Crippen molar-refractivity contribution in [3.63, 3.8) is 0 Å². The van der Waals surface area contributed by atoms with Crippen molar-refractivity contribution in [3.05, 3.63) is 23.0 Å². The zero-order valence-electron chi connectivity index (χ0n) is 12.0. The van der Waals surface area contributed by atoms with Crippen molar-refractivity contribution in [3.8, 4) is 0 Å². The summed E-state index contributed by atoms with van der Waals surface area (Å²) < 4.78 is 4.54. The van der Waals surface area contributed by atoms with E-state index in [0.717, 1.165) is 25.1 Å². The van der Waals surface area contributed by atoms with Gasteiger partial charge in [-0.3, -0.25) is 14.4 Å². The van der Waals surface area contributed by atoms with E-state index < -0.39 is 11.9 Å². The third kappa shape index (κ3) is 14.5. The van der Waals surface area contributed by atoms with Gasteiger partial charge >= 0.3 is 0 Å². The number of carbonyl (C=O) groups is 3. The predicted molar refractivity (Wildman–Crippen MR) is 67.1 cm³/mol. The Bertz CT molecular complexity index is 421. The first-order valence-electron chi connectivity index (χ1n) is 5.17. The fourth-order valence-electron chi connectivity index (χ4n) is 0.962. The van der Waals surface area contributed by atoms with Crippen molar-refractivity contribution in [2.24, 2.45) is 0 Å². The van der Waals surface area contributed by atoms with Crippen molar-refractivity contribution in [2.45, 2.75) is 27.7 Å². The molecule has 0 aliphatic carbocycles. The van der Waals surface area contributed by atoms with E-state index in [2.05, 4.69) is 15.8 Å². The van der Waals surface area contributed by atoms with Crippen LogP contribution in [-0.2, 0) is 36.0 Å². The van der Waals surface area contributed by atoms with Crippen LogP contribution in [-0.4, -0.2) is 40.2 Å². The minimum Gasteiger partial charge on any atom is -0.481 e. The maximum Gasteiger partial charge on any atom is 0.300 e. The number of hydrogen-bond donors (Lipinski definition) is 3. The quantitative estimate of drug-likeness (QED) is 0.409. The SMILES string of the molecule is CC(=O)O.CC(=O)O.COC(=O)c1[nH]c(C)[c-]c1C.[Ti]. The van der Waals surface area contributed by atoms with Gasteiger partial charge in [-0.05, 0) is 12.6 Å². The van der Waals surface area contributed by atoms with Crippen molar-refractivity contribution in [1.29, 1.82) is 0 Å². The number of aliphatic carboxylic acids is 2. The summed E-state index contributed by atoms with van der Waals surface area (Å²) in [6, 6.07) is 2.97. The summed E-state index contributed by atoms with van der Waals surface area (Å²) in [6.07, 6.45) is 0. The number of H-pyrrole nitrogens is 1. The van der Waals surface area contributed by atoms with Crippen LogP contribution in [0.3, 0.4) is 0 Å². The van der Waals surface area contributed by atoms with E-state index in [1.54, 1.807) is 0 Å². The Morgan fingerprint density at radius 1 is 1.10 bits per heavy atom. The molecule has 0 bridgehead atoms. The molecule has 112 valence electrons. The monoisotopic (exact) mass is 320 g/mol. The Kier molecular flexibility index (Phi) is 14.6. The number of aromatic amines is 1. The average molecular weight is 320 g/mol. The largest absolute Gasteiger partial charge is 0.481 e. The normalized spacial score (nSPS) is 7.85. The van der Waals surface area contributed by atoms with E-state index in [9.17, 15) is 4.79 Å². The molecule has 1 aromatic heterocycles. The Hall–Kier alpha value is -1.60. The van der Waals surface area contributed by atoms with Crippen LogP contribution in [0.25, 0.3) is 0 Å². The standard InChI is InChI=1S/C8H10NO2.2C2H4O2.Ti/c1-5-4-6(2)9-7(5)8(10)11-3;2*1-2(3)4;/h9H,1-3H3;2*1H3,(H,3,4);/q-1;;;. The van der Waals surface area contributed by atoms with Crippen LogP contribution in [0.4, 0.5) is 0 Å². The van der Waals surface area contributed by atoms with Gasteiger partial charge in [0.1, 0.15) is 0 Å². The number of nitrogens with one attached hydrogen (secondary N) is 1. The molecule has 0 fully saturated rings. The summed E-state index contributed by atoms with van der Waals surface area (Å²) >= 11 is 0. The molecule has 1 aromatic rings. The van der Waals surface area contributed by atoms with Crippen LogP contribution in [0.15, 0.2) is 0 Å². The fourth-order valence-corrected chi connectivity index (χ4v) is 0.962. The number of aryl methyl sites for hydroxylation is 2. The van der Waals surface area contributed by atoms with Crippen molar-refractivity contribution in [2.75, 3.05) is 7.11 Å². The van der Waals surface area contributed by atoms with E-state index in [0.29, 0.717) is 5.69 Å². The molecule has 8 heteroatoms. The third-order valence-electron chi connectivity index (χ3n) is 1.45. The van der Waals surface area contributed by atoms with Crippen molar-refractivity contribution < 1.29 is 51.1 Å². The second kappa shape index (κ2) is 12.4. The molecule has 0 aromatic carbocycles. The van der Waals surface area contributed by atoms with E-state index in [4.69, 9.17) is 19.8 Å². The summed E-state index contributed by atoms with van der Waals surface area (Å²) in [5.74, 6) is -2.01. The van der Waals surface area contributed by atoms with Crippen LogP contribution in [0.5, 0.6) is 0 Å². The van der Waals surface area contributed by atoms with Gasteiger partial charge in [-0.2, -0.15) is 5.56 Å². The second-order valence-electron chi connectivity index (χ2n) is 3.40. The number of methoxy groups -OCH3 is 1. The van der Waals surface area contributed by atoms with Gasteiger partial charge in [0.2, 0.25) is 0 Å². The second-order valence-corrected chi connectivity index (χ2v) is 3.40. The molecule has 0 aliphatic rings. The van der Waals surface area contributed by atoms with Gasteiger partial charge in [-0.15, -0.1) is 0 Å². The number of aromatic nitrogens is 1. The molecule has 0 saturated heterocycles. The maximum absolute atomic E-state index is 11.0. The summed E-state index contributed by atoms with van der Waals surface area (Å²) in [6.45, 7) is 5.83. The fraction of sp³-hybridized carbons (Fsp3) is 0.417. The zero-order chi connectivity index (χ0) is 15.6. The molecular formula is C12H18NO6Ti-. The number of carbonyl (C=O) groups excluding carboxylic acids is 1. The summed E-state index contributed by atoms with van der Waals surface area (Å²) in [5.41, 5.74) is 2.14. The molecule has 0 amide bonds. The van der Waals surface area contributed by atoms with Gasteiger partial charge in [0, 0.05) is 35.6 Å². The van der Waals surface area contributed by atoms with E-state index >= 15 is 0 Å². The number of carboxylic acids is 2. The number of esters is 1. The molecule has 7 nitrogen and oxygen atoms in total. The van der Waals surface area contributed by atoms with Crippen LogP contribution in [0, 0.1) is 19.9 Å². The van der Waals surface area contributed by atoms with Crippen LogP contribution >= 0.6 is 0 Å². The maximum atomic E-state index is 11.0. The van der Waals surface area contributed by atoms with E-state index in [1.165, 1.54) is 7.11 Å².